The van der Waals surface area contributed by atoms with Crippen LogP contribution in [0, 0.1) is 0 Å². The summed E-state index contributed by atoms with van der Waals surface area (Å²) in [7, 11) is 0. The minimum Gasteiger partial charge on any atom is -0.390 e. The topological polar surface area (TPSA) is 50.2 Å². The lowest BCUT2D eigenvalue weighted by atomic mass is 9.58. The largest absolute Gasteiger partial charge is 0.390 e. The molecule has 0 saturated heterocycles. The zero-order chi connectivity index (χ0) is 16.8. The van der Waals surface area contributed by atoms with E-state index in [2.05, 4.69) is 6.07 Å². The van der Waals surface area contributed by atoms with Crippen LogP contribution in [0.4, 0.5) is 0 Å². The number of aromatic nitrogens is 1. The van der Waals surface area contributed by atoms with E-state index >= 15 is 0 Å². The van der Waals surface area contributed by atoms with Crippen LogP contribution in [0.15, 0.2) is 60.7 Å². The van der Waals surface area contributed by atoms with Crippen molar-refractivity contribution >= 4 is 17.1 Å². The van der Waals surface area contributed by atoms with E-state index in [0.29, 0.717) is 12.8 Å². The second kappa shape index (κ2) is 5.25. The molecule has 2 aromatic carbocycles. The molecule has 0 amide bonds. The van der Waals surface area contributed by atoms with E-state index in [1.165, 1.54) is 0 Å². The Morgan fingerprint density at radius 2 is 1.71 bits per heavy atom. The van der Waals surface area contributed by atoms with Crippen molar-refractivity contribution in [1.29, 1.82) is 0 Å². The van der Waals surface area contributed by atoms with Gasteiger partial charge in [-0.05, 0) is 31.2 Å². The Hall–Kier alpha value is -2.52. The molecule has 3 nitrogen and oxygen atoms in total. The monoisotopic (exact) mass is 317 g/mol. The van der Waals surface area contributed by atoms with E-state index in [0.717, 1.165) is 34.0 Å². The predicted octanol–water partition coefficient (Wildman–Crippen LogP) is 3.88. The van der Waals surface area contributed by atoms with Gasteiger partial charge in [0.25, 0.3) is 0 Å². The second-order valence-electron chi connectivity index (χ2n) is 7.07. The number of aliphatic hydroxyl groups is 1. The van der Waals surface area contributed by atoms with Gasteiger partial charge in [-0.15, -0.1) is 0 Å². The maximum absolute atomic E-state index is 11.9. The van der Waals surface area contributed by atoms with Crippen molar-refractivity contribution in [3.63, 3.8) is 0 Å². The summed E-state index contributed by atoms with van der Waals surface area (Å²) in [6, 6.07) is 20.0. The number of fused-ring (bicyclic) bond motifs is 1. The van der Waals surface area contributed by atoms with Crippen molar-refractivity contribution in [3.8, 4) is 11.3 Å². The standard InChI is InChI=1S/C21H19NO2/c1-20(24)12-21(13-20,14-23)19-17-10-6-5-9-16(17)11-18(22-19)15-7-3-2-4-8-15/h2-11,14,24H,12-13H2,1H3. The highest BCUT2D eigenvalue weighted by molar-refractivity contribution is 5.92. The molecular formula is C21H19NO2. The van der Waals surface area contributed by atoms with Crippen LogP contribution >= 0.6 is 0 Å². The second-order valence-corrected chi connectivity index (χ2v) is 7.07. The Balaban J connectivity index is 1.96. The third kappa shape index (κ3) is 2.33. The molecule has 0 radical (unpaired) electrons. The van der Waals surface area contributed by atoms with Crippen LogP contribution in [-0.2, 0) is 10.2 Å². The first-order valence-corrected chi connectivity index (χ1v) is 8.17. The van der Waals surface area contributed by atoms with Crippen LogP contribution < -0.4 is 0 Å². The summed E-state index contributed by atoms with van der Waals surface area (Å²) < 4.78 is 0. The lowest BCUT2D eigenvalue weighted by molar-refractivity contribution is -0.130. The van der Waals surface area contributed by atoms with Gasteiger partial charge in [-0.3, -0.25) is 4.98 Å². The van der Waals surface area contributed by atoms with Crippen molar-refractivity contribution in [2.75, 3.05) is 0 Å². The summed E-state index contributed by atoms with van der Waals surface area (Å²) in [6.07, 6.45) is 1.80. The Bertz CT molecular complexity index is 908. The third-order valence-corrected chi connectivity index (χ3v) is 4.90. The Morgan fingerprint density at radius 1 is 1.04 bits per heavy atom. The molecule has 4 rings (SSSR count). The van der Waals surface area contributed by atoms with E-state index in [1.807, 2.05) is 54.6 Å². The summed E-state index contributed by atoms with van der Waals surface area (Å²) in [4.78, 5) is 16.8. The van der Waals surface area contributed by atoms with E-state index in [-0.39, 0.29) is 0 Å². The molecule has 0 aliphatic heterocycles. The first-order chi connectivity index (χ1) is 11.5. The van der Waals surface area contributed by atoms with Gasteiger partial charge in [0.15, 0.2) is 0 Å². The molecular weight excluding hydrogens is 298 g/mol. The van der Waals surface area contributed by atoms with Gasteiger partial charge in [0.05, 0.1) is 22.4 Å². The maximum Gasteiger partial charge on any atom is 0.132 e. The van der Waals surface area contributed by atoms with Crippen LogP contribution in [0.1, 0.15) is 25.5 Å². The first kappa shape index (κ1) is 15.0. The summed E-state index contributed by atoms with van der Waals surface area (Å²) in [5, 5.41) is 12.3. The zero-order valence-corrected chi connectivity index (χ0v) is 13.6. The van der Waals surface area contributed by atoms with Crippen LogP contribution in [0.5, 0.6) is 0 Å². The van der Waals surface area contributed by atoms with E-state index in [9.17, 15) is 9.90 Å². The molecule has 3 aromatic rings. The molecule has 1 saturated carbocycles. The van der Waals surface area contributed by atoms with E-state index in [4.69, 9.17) is 4.98 Å². The normalized spacial score (nSPS) is 26.1. The molecule has 1 aromatic heterocycles. The van der Waals surface area contributed by atoms with Crippen LogP contribution in [-0.4, -0.2) is 22.0 Å². The number of rotatable bonds is 3. The fourth-order valence-electron chi connectivity index (χ4n) is 3.95. The fourth-order valence-corrected chi connectivity index (χ4v) is 3.95. The number of carbonyl (C=O) groups is 1. The predicted molar refractivity (Wildman–Crippen MR) is 94.8 cm³/mol. The summed E-state index contributed by atoms with van der Waals surface area (Å²) >= 11 is 0. The molecule has 0 unspecified atom stereocenters. The SMILES string of the molecule is CC1(O)CC(C=O)(c2nc(-c3ccccc3)cc3ccccc23)C1. The summed E-state index contributed by atoms with van der Waals surface area (Å²) in [6.45, 7) is 1.78. The molecule has 24 heavy (non-hydrogen) atoms. The van der Waals surface area contributed by atoms with Crippen LogP contribution in [0.25, 0.3) is 22.0 Å². The number of hydrogen-bond donors (Lipinski definition) is 1. The molecule has 0 spiro atoms. The van der Waals surface area contributed by atoms with Gasteiger partial charge < -0.3 is 9.90 Å². The van der Waals surface area contributed by atoms with Gasteiger partial charge in [0.2, 0.25) is 0 Å². The molecule has 3 heteroatoms. The van der Waals surface area contributed by atoms with E-state index < -0.39 is 11.0 Å². The quantitative estimate of drug-likeness (QED) is 0.746. The Morgan fingerprint density at radius 3 is 2.38 bits per heavy atom. The molecule has 0 bridgehead atoms. The maximum atomic E-state index is 11.9. The van der Waals surface area contributed by atoms with Crippen molar-refractivity contribution in [2.24, 2.45) is 0 Å². The number of carbonyl (C=O) groups excluding carboxylic acids is 1. The van der Waals surface area contributed by atoms with Gasteiger partial charge in [-0.1, -0.05) is 54.6 Å². The Kier molecular flexibility index (Phi) is 3.29. The van der Waals surface area contributed by atoms with Gasteiger partial charge in [-0.2, -0.15) is 0 Å². The fraction of sp³-hybridized carbons (Fsp3) is 0.238. The molecule has 120 valence electrons. The lowest BCUT2D eigenvalue weighted by Gasteiger charge is -2.48. The number of hydrogen-bond acceptors (Lipinski definition) is 3. The smallest absolute Gasteiger partial charge is 0.132 e. The first-order valence-electron chi connectivity index (χ1n) is 8.17. The van der Waals surface area contributed by atoms with Crippen molar-refractivity contribution in [3.05, 3.63) is 66.4 Å². The lowest BCUT2D eigenvalue weighted by Crippen LogP contribution is -2.54. The van der Waals surface area contributed by atoms with Gasteiger partial charge in [-0.25, -0.2) is 0 Å². The number of pyridine rings is 1. The van der Waals surface area contributed by atoms with Crippen molar-refractivity contribution in [1.82, 2.24) is 4.98 Å². The highest BCUT2D eigenvalue weighted by Crippen LogP contribution is 2.50. The average Bonchev–Trinajstić information content (AvgIpc) is 2.59. The Labute approximate surface area is 141 Å². The van der Waals surface area contributed by atoms with Crippen LogP contribution in [0.3, 0.4) is 0 Å². The molecule has 1 N–H and O–H groups in total. The van der Waals surface area contributed by atoms with Gasteiger partial charge >= 0.3 is 0 Å². The van der Waals surface area contributed by atoms with Gasteiger partial charge in [0, 0.05) is 10.9 Å². The molecule has 1 aliphatic carbocycles. The highest BCUT2D eigenvalue weighted by atomic mass is 16.3. The minimum atomic E-state index is -0.799. The zero-order valence-electron chi connectivity index (χ0n) is 13.6. The molecule has 0 atom stereocenters. The molecule has 1 heterocycles. The highest BCUT2D eigenvalue weighted by Gasteiger charge is 2.53. The van der Waals surface area contributed by atoms with Crippen molar-refractivity contribution in [2.45, 2.75) is 30.8 Å². The van der Waals surface area contributed by atoms with Crippen LogP contribution in [0.2, 0.25) is 0 Å². The molecule has 1 fully saturated rings. The number of benzene rings is 2. The average molecular weight is 317 g/mol. The third-order valence-electron chi connectivity index (χ3n) is 4.90. The van der Waals surface area contributed by atoms with E-state index in [1.54, 1.807) is 6.92 Å². The summed E-state index contributed by atoms with van der Waals surface area (Å²) in [5.74, 6) is 0. The van der Waals surface area contributed by atoms with Gasteiger partial charge in [0.1, 0.15) is 6.29 Å². The van der Waals surface area contributed by atoms with Crippen molar-refractivity contribution < 1.29 is 9.90 Å². The number of aldehydes is 1. The minimum absolute atomic E-state index is 0.415. The number of nitrogens with zero attached hydrogens (tertiary/aromatic N) is 1. The summed E-state index contributed by atoms with van der Waals surface area (Å²) in [5.41, 5.74) is 1.16. The molecule has 1 aliphatic rings.